The molecule has 37 heavy (non-hydrogen) atoms. The molecule has 0 fully saturated rings. The molecule has 0 spiro atoms. The Labute approximate surface area is 224 Å². The number of hydrazone groups is 1. The van der Waals surface area contributed by atoms with Gasteiger partial charge in [-0.15, -0.1) is 0 Å². The first kappa shape index (κ1) is 24.6. The van der Waals surface area contributed by atoms with E-state index in [0.717, 1.165) is 32.6 Å². The summed E-state index contributed by atoms with van der Waals surface area (Å²) in [7, 11) is 0. The number of amides is 1. The van der Waals surface area contributed by atoms with Gasteiger partial charge in [-0.2, -0.15) is 5.10 Å². The molecule has 1 amide bonds. The van der Waals surface area contributed by atoms with Crippen molar-refractivity contribution in [2.24, 2.45) is 5.10 Å². The van der Waals surface area contributed by atoms with Crippen LogP contribution in [0.5, 0.6) is 5.75 Å². The first-order chi connectivity index (χ1) is 18.1. The van der Waals surface area contributed by atoms with E-state index >= 15 is 0 Å². The number of carbonyl (C=O) groups is 1. The molecule has 4 aromatic carbocycles. The van der Waals surface area contributed by atoms with Gasteiger partial charge in [-0.3, -0.25) is 4.79 Å². The van der Waals surface area contributed by atoms with Gasteiger partial charge in [-0.05, 0) is 35.9 Å². The molecule has 5 rings (SSSR count). The minimum absolute atomic E-state index is 0.248. The maximum atomic E-state index is 12.9. The second-order valence-electron chi connectivity index (χ2n) is 8.40. The smallest absolute Gasteiger partial charge is 0.275 e. The Morgan fingerprint density at radius 3 is 2.27 bits per heavy atom. The van der Waals surface area contributed by atoms with Crippen LogP contribution >= 0.6 is 23.2 Å². The van der Waals surface area contributed by atoms with E-state index in [1.807, 2.05) is 72.9 Å². The van der Waals surface area contributed by atoms with E-state index in [2.05, 4.69) is 21.2 Å². The molecule has 0 aliphatic heterocycles. The molecule has 0 bridgehead atoms. The first-order valence-electron chi connectivity index (χ1n) is 11.7. The van der Waals surface area contributed by atoms with Gasteiger partial charge in [0.2, 0.25) is 0 Å². The zero-order valence-corrected chi connectivity index (χ0v) is 21.3. The fourth-order valence-electron chi connectivity index (χ4n) is 4.09. The average molecular weight is 528 g/mol. The SMILES string of the molecule is O=C(N/N=C/c1cn(Cc2ccccc2Cl)c2ccccc12)c1ccccc1OCc1ccccc1Cl. The van der Waals surface area contributed by atoms with E-state index in [4.69, 9.17) is 27.9 Å². The number of benzene rings is 4. The summed E-state index contributed by atoms with van der Waals surface area (Å²) in [6, 6.07) is 30.3. The van der Waals surface area contributed by atoms with E-state index in [0.29, 0.717) is 22.9 Å². The third-order valence-electron chi connectivity index (χ3n) is 5.96. The van der Waals surface area contributed by atoms with Crippen LogP contribution in [-0.2, 0) is 13.2 Å². The predicted molar refractivity (Wildman–Crippen MR) is 150 cm³/mol. The lowest BCUT2D eigenvalue weighted by atomic mass is 10.2. The predicted octanol–water partition coefficient (Wildman–Crippen LogP) is 7.34. The maximum Gasteiger partial charge on any atom is 0.275 e. The Balaban J connectivity index is 1.32. The van der Waals surface area contributed by atoms with Gasteiger partial charge >= 0.3 is 0 Å². The summed E-state index contributed by atoms with van der Waals surface area (Å²) < 4.78 is 8.03. The topological polar surface area (TPSA) is 55.6 Å². The van der Waals surface area contributed by atoms with Gasteiger partial charge in [0, 0.05) is 44.8 Å². The molecule has 184 valence electrons. The minimum atomic E-state index is -0.370. The van der Waals surface area contributed by atoms with Crippen LogP contribution in [0.1, 0.15) is 27.0 Å². The number of nitrogens with zero attached hydrogens (tertiary/aromatic N) is 2. The van der Waals surface area contributed by atoms with Crippen LogP contribution in [0.2, 0.25) is 10.0 Å². The second-order valence-corrected chi connectivity index (χ2v) is 9.21. The monoisotopic (exact) mass is 527 g/mol. The van der Waals surface area contributed by atoms with Crippen molar-refractivity contribution < 1.29 is 9.53 Å². The number of ether oxygens (including phenoxy) is 1. The molecule has 0 radical (unpaired) electrons. The molecule has 0 atom stereocenters. The highest BCUT2D eigenvalue weighted by Crippen LogP contribution is 2.24. The van der Waals surface area contributed by atoms with Crippen LogP contribution in [-0.4, -0.2) is 16.7 Å². The molecule has 0 aliphatic rings. The lowest BCUT2D eigenvalue weighted by molar-refractivity contribution is 0.0950. The molecular weight excluding hydrogens is 505 g/mol. The van der Waals surface area contributed by atoms with Crippen LogP contribution in [0, 0.1) is 0 Å². The van der Waals surface area contributed by atoms with E-state index in [-0.39, 0.29) is 12.5 Å². The van der Waals surface area contributed by atoms with Crippen LogP contribution < -0.4 is 10.2 Å². The quantitative estimate of drug-likeness (QED) is 0.169. The Morgan fingerprint density at radius 1 is 0.838 bits per heavy atom. The van der Waals surface area contributed by atoms with Crippen molar-refractivity contribution in [3.63, 3.8) is 0 Å². The van der Waals surface area contributed by atoms with E-state index < -0.39 is 0 Å². The standard InChI is InChI=1S/C30H23Cl2N3O2/c31-26-13-5-1-9-21(26)18-35-19-23(24-11-3-7-15-28(24)35)17-33-34-30(36)25-12-4-8-16-29(25)37-20-22-10-2-6-14-27(22)32/h1-17,19H,18,20H2,(H,34,36)/b33-17+. The molecule has 5 aromatic rings. The number of carbonyl (C=O) groups excluding carboxylic acids is 1. The van der Waals surface area contributed by atoms with E-state index in [1.165, 1.54) is 0 Å². The molecule has 7 heteroatoms. The van der Waals surface area contributed by atoms with Crippen molar-refractivity contribution in [3.05, 3.63) is 136 Å². The van der Waals surface area contributed by atoms with Crippen LogP contribution in [0.25, 0.3) is 10.9 Å². The highest BCUT2D eigenvalue weighted by atomic mass is 35.5. The van der Waals surface area contributed by atoms with E-state index in [1.54, 1.807) is 30.5 Å². The van der Waals surface area contributed by atoms with Gasteiger partial charge in [0.15, 0.2) is 0 Å². The zero-order valence-electron chi connectivity index (χ0n) is 19.8. The highest BCUT2D eigenvalue weighted by molar-refractivity contribution is 6.31. The molecule has 1 N–H and O–H groups in total. The Morgan fingerprint density at radius 2 is 1.49 bits per heavy atom. The summed E-state index contributed by atoms with van der Waals surface area (Å²) in [4.78, 5) is 12.9. The van der Waals surface area contributed by atoms with Crippen LogP contribution in [0.15, 0.2) is 108 Å². The van der Waals surface area contributed by atoms with Crippen LogP contribution in [0.3, 0.4) is 0 Å². The summed E-state index contributed by atoms with van der Waals surface area (Å²) in [6.45, 7) is 0.870. The van der Waals surface area contributed by atoms with E-state index in [9.17, 15) is 4.79 Å². The maximum absolute atomic E-state index is 12.9. The molecule has 1 aromatic heterocycles. The Hall–Kier alpha value is -4.06. The summed E-state index contributed by atoms with van der Waals surface area (Å²) in [5.41, 5.74) is 6.80. The molecular formula is C30H23Cl2N3O2. The summed E-state index contributed by atoms with van der Waals surface area (Å²) in [5, 5.41) is 6.60. The zero-order chi connectivity index (χ0) is 25.6. The third-order valence-corrected chi connectivity index (χ3v) is 6.70. The van der Waals surface area contributed by atoms with Gasteiger partial charge in [-0.25, -0.2) is 5.43 Å². The summed E-state index contributed by atoms with van der Waals surface area (Å²) in [5.74, 6) is 0.0808. The Kier molecular flexibility index (Phi) is 7.54. The highest BCUT2D eigenvalue weighted by Gasteiger charge is 2.13. The van der Waals surface area contributed by atoms with Crippen molar-refractivity contribution in [2.75, 3.05) is 0 Å². The van der Waals surface area contributed by atoms with Crippen molar-refractivity contribution in [1.82, 2.24) is 9.99 Å². The summed E-state index contributed by atoms with van der Waals surface area (Å²) >= 11 is 12.6. The normalized spacial score (nSPS) is 11.2. The number of hydrogen-bond donors (Lipinski definition) is 1. The number of aromatic nitrogens is 1. The molecule has 0 aliphatic carbocycles. The lowest BCUT2D eigenvalue weighted by Gasteiger charge is -2.11. The van der Waals surface area contributed by atoms with Crippen molar-refractivity contribution in [3.8, 4) is 5.75 Å². The summed E-state index contributed by atoms with van der Waals surface area (Å²) in [6.07, 6.45) is 3.65. The molecule has 1 heterocycles. The number of hydrogen-bond acceptors (Lipinski definition) is 3. The fourth-order valence-corrected chi connectivity index (χ4v) is 4.48. The minimum Gasteiger partial charge on any atom is -0.488 e. The van der Waals surface area contributed by atoms with Crippen molar-refractivity contribution in [1.29, 1.82) is 0 Å². The number of para-hydroxylation sites is 2. The lowest BCUT2D eigenvalue weighted by Crippen LogP contribution is -2.18. The molecule has 0 unspecified atom stereocenters. The largest absolute Gasteiger partial charge is 0.488 e. The van der Waals surface area contributed by atoms with Gasteiger partial charge in [0.1, 0.15) is 12.4 Å². The van der Waals surface area contributed by atoms with Crippen LogP contribution in [0.4, 0.5) is 0 Å². The van der Waals surface area contributed by atoms with Gasteiger partial charge in [0.25, 0.3) is 5.91 Å². The second kappa shape index (κ2) is 11.3. The number of nitrogens with one attached hydrogen (secondary N) is 1. The van der Waals surface area contributed by atoms with Gasteiger partial charge in [0.05, 0.1) is 11.8 Å². The number of fused-ring (bicyclic) bond motifs is 1. The third kappa shape index (κ3) is 5.69. The molecule has 0 saturated carbocycles. The fraction of sp³-hybridized carbons (Fsp3) is 0.0667. The first-order valence-corrected chi connectivity index (χ1v) is 12.5. The van der Waals surface area contributed by atoms with Crippen molar-refractivity contribution in [2.45, 2.75) is 13.2 Å². The molecule has 0 saturated heterocycles. The van der Waals surface area contributed by atoms with Crippen molar-refractivity contribution >= 4 is 46.2 Å². The average Bonchev–Trinajstić information content (AvgIpc) is 3.27. The Bertz CT molecular complexity index is 1590. The van der Waals surface area contributed by atoms with Gasteiger partial charge in [-0.1, -0.05) is 89.9 Å². The molecule has 5 nitrogen and oxygen atoms in total. The number of rotatable bonds is 8. The number of halogens is 2. The van der Waals surface area contributed by atoms with Gasteiger partial charge < -0.3 is 9.30 Å².